The first-order valence-corrected chi connectivity index (χ1v) is 23.6. The van der Waals surface area contributed by atoms with E-state index in [2.05, 4.69) is 30.5 Å². The van der Waals surface area contributed by atoms with Gasteiger partial charge in [0.1, 0.15) is 12.7 Å². The van der Waals surface area contributed by atoms with Gasteiger partial charge >= 0.3 is 19.8 Å². The van der Waals surface area contributed by atoms with E-state index in [9.17, 15) is 24.2 Å². The number of hydrogen-bond donors (Lipinski definition) is 3. The number of carbonyl (C=O) groups is 2. The molecule has 54 heavy (non-hydrogen) atoms. The molecule has 0 spiro atoms. The lowest BCUT2D eigenvalue weighted by molar-refractivity contribution is -0.161. The summed E-state index contributed by atoms with van der Waals surface area (Å²) in [6.07, 6.45) is 37.5. The van der Waals surface area contributed by atoms with Gasteiger partial charge in [-0.25, -0.2) is 4.57 Å². The number of aliphatic hydroxyl groups excluding tert-OH is 2. The van der Waals surface area contributed by atoms with Crippen molar-refractivity contribution >= 4 is 19.8 Å². The average Bonchev–Trinajstić information content (AvgIpc) is 3.16. The molecule has 0 bridgehead atoms. The highest BCUT2D eigenvalue weighted by atomic mass is 31.2. The maximum Gasteiger partial charge on any atom is 0.472 e. The van der Waals surface area contributed by atoms with Crippen LogP contribution >= 0.6 is 7.82 Å². The Hall–Kier alpha value is -1.29. The maximum absolute atomic E-state index is 12.6. The van der Waals surface area contributed by atoms with E-state index >= 15 is 0 Å². The largest absolute Gasteiger partial charge is 0.472 e. The molecule has 0 aromatic rings. The summed E-state index contributed by atoms with van der Waals surface area (Å²) >= 11 is 0. The highest BCUT2D eigenvalue weighted by Gasteiger charge is 2.27. The van der Waals surface area contributed by atoms with Crippen LogP contribution in [0.5, 0.6) is 0 Å². The second kappa shape index (κ2) is 39.9. The number of aliphatic hydroxyl groups is 2. The number of allylic oxidation sites excluding steroid dienone is 2. The van der Waals surface area contributed by atoms with E-state index in [0.717, 1.165) is 57.8 Å². The van der Waals surface area contributed by atoms with Crippen molar-refractivity contribution in [1.29, 1.82) is 0 Å². The number of ether oxygens (including phenoxy) is 2. The van der Waals surface area contributed by atoms with Gasteiger partial charge in [-0.15, -0.1) is 0 Å². The van der Waals surface area contributed by atoms with E-state index in [1.807, 2.05) is 0 Å². The van der Waals surface area contributed by atoms with Crippen LogP contribution in [0.3, 0.4) is 0 Å². The molecule has 0 aliphatic rings. The Morgan fingerprint density at radius 2 is 0.907 bits per heavy atom. The molecular formula is C43H83O10P. The van der Waals surface area contributed by atoms with Crippen LogP contribution in [0.15, 0.2) is 12.2 Å². The van der Waals surface area contributed by atoms with Crippen molar-refractivity contribution < 1.29 is 47.8 Å². The standard InChI is InChI=1S/C43H83O10P/c1-3-5-7-9-11-13-15-17-19-20-21-23-24-26-28-30-32-34-42(46)50-38-41(39-52-54(48,49)51-37-40(45)36-44)53-43(47)35-33-31-29-27-25-22-18-16-14-12-10-8-6-4-2/h16,18,40-41,44-45H,3-15,17,19-39H2,1-2H3,(H,48,49)/b18-16-. The zero-order chi connectivity index (χ0) is 39.8. The molecule has 3 N–H and O–H groups in total. The Morgan fingerprint density at radius 1 is 0.537 bits per heavy atom. The zero-order valence-electron chi connectivity index (χ0n) is 34.7. The van der Waals surface area contributed by atoms with Crippen LogP contribution < -0.4 is 0 Å². The van der Waals surface area contributed by atoms with Gasteiger partial charge < -0.3 is 24.6 Å². The van der Waals surface area contributed by atoms with Crippen molar-refractivity contribution in [3.05, 3.63) is 12.2 Å². The topological polar surface area (TPSA) is 149 Å². The molecule has 3 atom stereocenters. The van der Waals surface area contributed by atoms with E-state index in [1.165, 1.54) is 116 Å². The number of unbranched alkanes of at least 4 members (excludes halogenated alkanes) is 26. The summed E-state index contributed by atoms with van der Waals surface area (Å²) in [5.74, 6) is -0.924. The van der Waals surface area contributed by atoms with Crippen LogP contribution in [-0.4, -0.2) is 65.7 Å². The summed E-state index contributed by atoms with van der Waals surface area (Å²) < 4.78 is 32.7. The van der Waals surface area contributed by atoms with Crippen LogP contribution in [0.25, 0.3) is 0 Å². The van der Waals surface area contributed by atoms with Crippen molar-refractivity contribution in [2.75, 3.05) is 26.4 Å². The van der Waals surface area contributed by atoms with Gasteiger partial charge in [0.2, 0.25) is 0 Å². The van der Waals surface area contributed by atoms with E-state index in [0.29, 0.717) is 12.8 Å². The zero-order valence-corrected chi connectivity index (χ0v) is 35.6. The fourth-order valence-electron chi connectivity index (χ4n) is 6.22. The molecule has 0 saturated carbocycles. The summed E-state index contributed by atoms with van der Waals surface area (Å²) in [5, 5.41) is 18.3. The van der Waals surface area contributed by atoms with Gasteiger partial charge in [-0.05, 0) is 38.5 Å². The molecule has 0 aromatic heterocycles. The highest BCUT2D eigenvalue weighted by molar-refractivity contribution is 7.47. The molecule has 0 aromatic carbocycles. The number of esters is 2. The lowest BCUT2D eigenvalue weighted by Crippen LogP contribution is -2.29. The third kappa shape index (κ3) is 39.0. The summed E-state index contributed by atoms with van der Waals surface area (Å²) in [5.41, 5.74) is 0. The molecule has 0 heterocycles. The number of phosphoric ester groups is 1. The predicted molar refractivity (Wildman–Crippen MR) is 219 cm³/mol. The molecular weight excluding hydrogens is 707 g/mol. The smallest absolute Gasteiger partial charge is 0.462 e. The minimum atomic E-state index is -4.61. The molecule has 0 amide bonds. The SMILES string of the molecule is CCCCCCC/C=C\CCCCCCCC(=O)OC(COC(=O)CCCCCCCCCCCCCCCCCCC)COP(=O)(O)OCC(O)CO. The van der Waals surface area contributed by atoms with Gasteiger partial charge in [0.05, 0.1) is 19.8 Å². The minimum Gasteiger partial charge on any atom is -0.462 e. The maximum atomic E-state index is 12.6. The number of carbonyl (C=O) groups excluding carboxylic acids is 2. The van der Waals surface area contributed by atoms with Gasteiger partial charge in [0.25, 0.3) is 0 Å². The minimum absolute atomic E-state index is 0.178. The molecule has 10 nitrogen and oxygen atoms in total. The van der Waals surface area contributed by atoms with Gasteiger partial charge in [-0.1, -0.05) is 174 Å². The summed E-state index contributed by atoms with van der Waals surface area (Å²) in [7, 11) is -4.61. The lowest BCUT2D eigenvalue weighted by atomic mass is 10.0. The molecule has 0 saturated heterocycles. The second-order valence-electron chi connectivity index (χ2n) is 15.1. The average molecular weight is 791 g/mol. The Kier molecular flexibility index (Phi) is 39.0. The van der Waals surface area contributed by atoms with Crippen LogP contribution in [0.1, 0.15) is 213 Å². The van der Waals surface area contributed by atoms with Gasteiger partial charge in [0, 0.05) is 12.8 Å². The monoisotopic (exact) mass is 791 g/mol. The van der Waals surface area contributed by atoms with Gasteiger partial charge in [-0.2, -0.15) is 0 Å². The molecule has 0 fully saturated rings. The first kappa shape index (κ1) is 52.7. The van der Waals surface area contributed by atoms with Crippen LogP contribution in [0.2, 0.25) is 0 Å². The van der Waals surface area contributed by atoms with E-state index in [-0.39, 0.29) is 19.4 Å². The van der Waals surface area contributed by atoms with Crippen molar-refractivity contribution in [3.63, 3.8) is 0 Å². The molecule has 320 valence electrons. The summed E-state index contributed by atoms with van der Waals surface area (Å²) in [6.45, 7) is 2.39. The predicted octanol–water partition coefficient (Wildman–Crippen LogP) is 11.6. The number of phosphoric acid groups is 1. The van der Waals surface area contributed by atoms with Crippen molar-refractivity contribution in [1.82, 2.24) is 0 Å². The van der Waals surface area contributed by atoms with E-state index in [1.54, 1.807) is 0 Å². The molecule has 0 rings (SSSR count). The highest BCUT2D eigenvalue weighted by Crippen LogP contribution is 2.43. The van der Waals surface area contributed by atoms with Crippen LogP contribution in [0.4, 0.5) is 0 Å². The Labute approximate surface area is 330 Å². The molecule has 0 aliphatic carbocycles. The lowest BCUT2D eigenvalue weighted by Gasteiger charge is -2.20. The first-order valence-electron chi connectivity index (χ1n) is 22.1. The normalized spacial score (nSPS) is 13.9. The number of hydrogen-bond acceptors (Lipinski definition) is 9. The van der Waals surface area contributed by atoms with Crippen LogP contribution in [0, 0.1) is 0 Å². The van der Waals surface area contributed by atoms with Crippen molar-refractivity contribution in [2.45, 2.75) is 225 Å². The van der Waals surface area contributed by atoms with E-state index < -0.39 is 51.8 Å². The van der Waals surface area contributed by atoms with Gasteiger partial charge in [-0.3, -0.25) is 18.6 Å². The number of rotatable bonds is 42. The van der Waals surface area contributed by atoms with Crippen molar-refractivity contribution in [3.8, 4) is 0 Å². The molecule has 0 aliphatic heterocycles. The second-order valence-corrected chi connectivity index (χ2v) is 16.5. The summed E-state index contributed by atoms with van der Waals surface area (Å²) in [4.78, 5) is 35.0. The third-order valence-corrected chi connectivity index (χ3v) is 10.6. The fourth-order valence-corrected chi connectivity index (χ4v) is 7.01. The van der Waals surface area contributed by atoms with Crippen LogP contribution in [-0.2, 0) is 32.7 Å². The Balaban J connectivity index is 4.25. The molecule has 3 unspecified atom stereocenters. The third-order valence-electron chi connectivity index (χ3n) is 9.67. The molecule has 0 radical (unpaired) electrons. The van der Waals surface area contributed by atoms with E-state index in [4.69, 9.17) is 19.1 Å². The quantitative estimate of drug-likeness (QED) is 0.0236. The summed E-state index contributed by atoms with van der Waals surface area (Å²) in [6, 6.07) is 0. The Morgan fingerprint density at radius 3 is 1.33 bits per heavy atom. The van der Waals surface area contributed by atoms with Crippen molar-refractivity contribution in [2.24, 2.45) is 0 Å². The van der Waals surface area contributed by atoms with Gasteiger partial charge in [0.15, 0.2) is 6.10 Å². The fraction of sp³-hybridized carbons (Fsp3) is 0.907. The molecule has 11 heteroatoms. The Bertz CT molecular complexity index is 915. The first-order chi connectivity index (χ1) is 26.2.